The third-order valence-electron chi connectivity index (χ3n) is 2.40. The molecule has 0 saturated heterocycles. The number of hydrogen-bond donors (Lipinski definition) is 2. The van der Waals surface area contributed by atoms with Gasteiger partial charge >= 0.3 is 5.97 Å². The summed E-state index contributed by atoms with van der Waals surface area (Å²) >= 11 is 0. The van der Waals surface area contributed by atoms with Gasteiger partial charge in [-0.2, -0.15) is 0 Å². The van der Waals surface area contributed by atoms with Gasteiger partial charge in [-0.25, -0.2) is 4.79 Å². The van der Waals surface area contributed by atoms with Crippen LogP contribution in [0.1, 0.15) is 38.5 Å². The number of hydrogen-bond acceptors (Lipinski definition) is 2. The first-order chi connectivity index (χ1) is 6.12. The molecule has 1 saturated carbocycles. The van der Waals surface area contributed by atoms with E-state index in [2.05, 4.69) is 5.92 Å². The van der Waals surface area contributed by atoms with Crippen LogP contribution >= 0.6 is 0 Å². The Labute approximate surface area is 77.8 Å². The first kappa shape index (κ1) is 10.1. The summed E-state index contributed by atoms with van der Waals surface area (Å²) in [6.07, 6.45) is 4.99. The molecule has 3 nitrogen and oxygen atoms in total. The average Bonchev–Trinajstić information content (AvgIpc) is 2.04. The van der Waals surface area contributed by atoms with E-state index >= 15 is 0 Å². The molecule has 13 heavy (non-hydrogen) atoms. The molecule has 0 heterocycles. The fourth-order valence-corrected chi connectivity index (χ4v) is 1.67. The Morgan fingerprint density at radius 3 is 2.46 bits per heavy atom. The lowest BCUT2D eigenvalue weighted by Crippen LogP contribution is -2.30. The number of rotatable bonds is 1. The van der Waals surface area contributed by atoms with E-state index in [1.807, 2.05) is 5.92 Å². The maximum absolute atomic E-state index is 10.1. The van der Waals surface area contributed by atoms with Crippen LogP contribution in [-0.2, 0) is 4.79 Å². The molecule has 0 unspecified atom stereocenters. The summed E-state index contributed by atoms with van der Waals surface area (Å²) in [5.41, 5.74) is -0.722. The minimum Gasteiger partial charge on any atom is -0.472 e. The zero-order valence-corrected chi connectivity index (χ0v) is 7.55. The number of aliphatic carboxylic acids is 1. The van der Waals surface area contributed by atoms with Gasteiger partial charge in [0.2, 0.25) is 0 Å². The smallest absolute Gasteiger partial charge is 0.381 e. The normalized spacial score (nSPS) is 20.1. The molecule has 2 N–H and O–H groups in total. The zero-order valence-electron chi connectivity index (χ0n) is 7.55. The molecule has 0 amide bonds. The maximum Gasteiger partial charge on any atom is 0.381 e. The minimum absolute atomic E-state index is 0.291. The quantitative estimate of drug-likeness (QED) is 0.598. The van der Waals surface area contributed by atoms with E-state index in [1.54, 1.807) is 0 Å². The summed E-state index contributed by atoms with van der Waals surface area (Å²) in [4.78, 5) is 10.1. The van der Waals surface area contributed by atoms with Crippen molar-refractivity contribution in [2.24, 2.45) is 0 Å². The molecule has 0 bridgehead atoms. The molecular weight excluding hydrogens is 168 g/mol. The number of carbonyl (C=O) groups is 1. The van der Waals surface area contributed by atoms with E-state index in [-0.39, 0.29) is 0 Å². The second-order valence-electron chi connectivity index (χ2n) is 3.57. The van der Waals surface area contributed by atoms with Gasteiger partial charge < -0.3 is 10.2 Å². The van der Waals surface area contributed by atoms with E-state index in [0.29, 0.717) is 6.42 Å². The van der Waals surface area contributed by atoms with E-state index in [1.165, 1.54) is 0 Å². The van der Waals surface area contributed by atoms with Crippen LogP contribution in [0.5, 0.6) is 0 Å². The monoisotopic (exact) mass is 182 g/mol. The second-order valence-corrected chi connectivity index (χ2v) is 3.57. The number of carboxylic acids is 1. The molecule has 0 spiro atoms. The topological polar surface area (TPSA) is 57.5 Å². The highest BCUT2D eigenvalue weighted by Crippen LogP contribution is 2.30. The predicted octanol–water partition coefficient (Wildman–Crippen LogP) is 1.16. The molecule has 0 aromatic rings. The molecule has 1 aliphatic rings. The lowest BCUT2D eigenvalue weighted by atomic mass is 9.83. The second kappa shape index (κ2) is 4.29. The molecule has 0 aromatic heterocycles. The van der Waals surface area contributed by atoms with Crippen LogP contribution in [0.4, 0.5) is 0 Å². The van der Waals surface area contributed by atoms with Gasteiger partial charge in [-0.3, -0.25) is 0 Å². The van der Waals surface area contributed by atoms with Crippen molar-refractivity contribution in [2.45, 2.75) is 44.1 Å². The van der Waals surface area contributed by atoms with Crippen molar-refractivity contribution in [3.8, 4) is 11.8 Å². The zero-order chi connectivity index (χ0) is 9.73. The first-order valence-corrected chi connectivity index (χ1v) is 4.57. The van der Waals surface area contributed by atoms with Gasteiger partial charge in [0.15, 0.2) is 0 Å². The Bertz CT molecular complexity index is 241. The molecule has 72 valence electrons. The van der Waals surface area contributed by atoms with Crippen LogP contribution in [0.15, 0.2) is 0 Å². The fraction of sp³-hybridized carbons (Fsp3) is 0.700. The molecule has 0 aliphatic heterocycles. The van der Waals surface area contributed by atoms with Gasteiger partial charge in [-0.1, -0.05) is 25.2 Å². The van der Waals surface area contributed by atoms with Crippen LogP contribution in [0.3, 0.4) is 0 Å². The van der Waals surface area contributed by atoms with Crippen LogP contribution in [0, 0.1) is 11.8 Å². The molecule has 0 aromatic carbocycles. The van der Waals surface area contributed by atoms with Gasteiger partial charge in [-0.15, -0.1) is 0 Å². The Balaban J connectivity index is 2.43. The SMILES string of the molecule is O=C(O)C#CCC1(O)CCCCC1. The number of carboxylic acid groups (broad SMARTS) is 1. The van der Waals surface area contributed by atoms with Gasteiger partial charge in [0.05, 0.1) is 5.60 Å². The Morgan fingerprint density at radius 2 is 1.92 bits per heavy atom. The molecule has 3 heteroatoms. The van der Waals surface area contributed by atoms with Crippen LogP contribution in [0.25, 0.3) is 0 Å². The van der Waals surface area contributed by atoms with E-state index < -0.39 is 11.6 Å². The van der Waals surface area contributed by atoms with Crippen molar-refractivity contribution >= 4 is 5.97 Å². The molecule has 1 aliphatic carbocycles. The standard InChI is InChI=1S/C10H14O3/c11-9(12)5-4-8-10(13)6-2-1-3-7-10/h13H,1-3,6-8H2,(H,11,12). The third-order valence-corrected chi connectivity index (χ3v) is 2.40. The van der Waals surface area contributed by atoms with Crippen LogP contribution < -0.4 is 0 Å². The molecule has 0 radical (unpaired) electrons. The fourth-order valence-electron chi connectivity index (χ4n) is 1.67. The summed E-state index contributed by atoms with van der Waals surface area (Å²) < 4.78 is 0. The summed E-state index contributed by atoms with van der Waals surface area (Å²) in [6.45, 7) is 0. The van der Waals surface area contributed by atoms with Gasteiger partial charge in [-0.05, 0) is 12.8 Å². The number of aliphatic hydroxyl groups is 1. The van der Waals surface area contributed by atoms with E-state index in [0.717, 1.165) is 32.1 Å². The highest BCUT2D eigenvalue weighted by molar-refractivity contribution is 5.86. The van der Waals surface area contributed by atoms with Crippen LogP contribution in [-0.4, -0.2) is 21.8 Å². The summed E-state index contributed by atoms with van der Waals surface area (Å²) in [7, 11) is 0. The minimum atomic E-state index is -1.13. The van der Waals surface area contributed by atoms with E-state index in [4.69, 9.17) is 5.11 Å². The molecule has 1 rings (SSSR count). The van der Waals surface area contributed by atoms with Crippen molar-refractivity contribution < 1.29 is 15.0 Å². The Hall–Kier alpha value is -1.01. The summed E-state index contributed by atoms with van der Waals surface area (Å²) in [5.74, 6) is 3.39. The first-order valence-electron chi connectivity index (χ1n) is 4.57. The molecule has 0 atom stereocenters. The van der Waals surface area contributed by atoms with Crippen molar-refractivity contribution in [1.82, 2.24) is 0 Å². The van der Waals surface area contributed by atoms with Crippen molar-refractivity contribution in [2.75, 3.05) is 0 Å². The van der Waals surface area contributed by atoms with E-state index in [9.17, 15) is 9.90 Å². The largest absolute Gasteiger partial charge is 0.472 e. The predicted molar refractivity (Wildman–Crippen MR) is 48.1 cm³/mol. The molecule has 1 fully saturated rings. The Morgan fingerprint density at radius 1 is 1.31 bits per heavy atom. The maximum atomic E-state index is 10.1. The van der Waals surface area contributed by atoms with Crippen molar-refractivity contribution in [3.05, 3.63) is 0 Å². The van der Waals surface area contributed by atoms with Crippen molar-refractivity contribution in [3.63, 3.8) is 0 Å². The highest BCUT2D eigenvalue weighted by Gasteiger charge is 2.27. The summed E-state index contributed by atoms with van der Waals surface area (Å²) in [6, 6.07) is 0. The van der Waals surface area contributed by atoms with Gasteiger partial charge in [0, 0.05) is 12.3 Å². The van der Waals surface area contributed by atoms with Gasteiger partial charge in [0.1, 0.15) is 0 Å². The third kappa shape index (κ3) is 3.47. The Kier molecular flexibility index (Phi) is 3.32. The molecular formula is C10H14O3. The van der Waals surface area contributed by atoms with Gasteiger partial charge in [0.25, 0.3) is 0 Å². The lowest BCUT2D eigenvalue weighted by Gasteiger charge is -2.29. The lowest BCUT2D eigenvalue weighted by molar-refractivity contribution is -0.130. The van der Waals surface area contributed by atoms with Crippen LogP contribution in [0.2, 0.25) is 0 Å². The highest BCUT2D eigenvalue weighted by atomic mass is 16.4. The van der Waals surface area contributed by atoms with Crippen molar-refractivity contribution in [1.29, 1.82) is 0 Å². The average molecular weight is 182 g/mol. The summed E-state index contributed by atoms with van der Waals surface area (Å²) in [5, 5.41) is 18.2.